The fraction of sp³-hybridized carbons (Fsp3) is 0.333. The summed E-state index contributed by atoms with van der Waals surface area (Å²) in [6, 6.07) is 0. The molecule has 0 amide bonds. The van der Waals surface area contributed by atoms with Gasteiger partial charge < -0.3 is 5.11 Å². The van der Waals surface area contributed by atoms with Crippen LogP contribution in [0, 0.1) is 0 Å². The third-order valence-electron chi connectivity index (χ3n) is 1.99. The topological polar surface area (TPSA) is 54.4 Å². The molecule has 0 saturated heterocycles. The fourth-order valence-electron chi connectivity index (χ4n) is 1.38. The smallest absolute Gasteiger partial charge is 0.150 e. The first kappa shape index (κ1) is 8.87. The molecule has 3 nitrogen and oxygen atoms in total. The molecule has 0 aliphatic heterocycles. The Balaban J connectivity index is 3.06. The van der Waals surface area contributed by atoms with E-state index in [-0.39, 0.29) is 0 Å². The lowest BCUT2D eigenvalue weighted by molar-refractivity contribution is -0.104. The molecule has 3 heteroatoms. The molecule has 0 fully saturated rings. The minimum Gasteiger partial charge on any atom is -0.388 e. The lowest BCUT2D eigenvalue weighted by Crippen LogP contribution is -2.05. The van der Waals surface area contributed by atoms with E-state index in [2.05, 4.69) is 0 Å². The van der Waals surface area contributed by atoms with E-state index in [1.807, 2.05) is 0 Å². The molecule has 0 spiro atoms. The van der Waals surface area contributed by atoms with E-state index in [4.69, 9.17) is 0 Å². The standard InChI is InChI=1S/C9H10O3/c1-6-4-9(12)7(2-3-10)8(6)5-11/h2-3,5,9,12H,4H2,1H3/b7-2+/t9-/m1/s1. The number of allylic oxidation sites excluding steroid dienone is 1. The summed E-state index contributed by atoms with van der Waals surface area (Å²) in [7, 11) is 0. The Morgan fingerprint density at radius 2 is 2.17 bits per heavy atom. The van der Waals surface area contributed by atoms with Crippen LogP contribution in [0.4, 0.5) is 0 Å². The highest BCUT2D eigenvalue weighted by atomic mass is 16.3. The Morgan fingerprint density at radius 3 is 2.67 bits per heavy atom. The van der Waals surface area contributed by atoms with Gasteiger partial charge in [-0.25, -0.2) is 0 Å². The second kappa shape index (κ2) is 3.45. The molecule has 64 valence electrons. The van der Waals surface area contributed by atoms with Crippen LogP contribution in [0.15, 0.2) is 22.8 Å². The Hall–Kier alpha value is -1.22. The summed E-state index contributed by atoms with van der Waals surface area (Å²) in [5.41, 5.74) is 1.75. The van der Waals surface area contributed by atoms with Crippen molar-refractivity contribution in [3.63, 3.8) is 0 Å². The molecule has 1 aliphatic rings. The average Bonchev–Trinajstić information content (AvgIpc) is 2.28. The molecule has 1 rings (SSSR count). The van der Waals surface area contributed by atoms with Gasteiger partial charge in [0, 0.05) is 5.57 Å². The van der Waals surface area contributed by atoms with Crippen LogP contribution in [0.1, 0.15) is 13.3 Å². The van der Waals surface area contributed by atoms with Crippen molar-refractivity contribution in [2.45, 2.75) is 19.4 Å². The molecule has 0 radical (unpaired) electrons. The van der Waals surface area contributed by atoms with Gasteiger partial charge in [-0.2, -0.15) is 0 Å². The molecule has 12 heavy (non-hydrogen) atoms. The maximum absolute atomic E-state index is 10.5. The molecule has 0 heterocycles. The minimum absolute atomic E-state index is 0.442. The highest BCUT2D eigenvalue weighted by molar-refractivity contribution is 5.86. The summed E-state index contributed by atoms with van der Waals surface area (Å²) in [5, 5.41) is 9.36. The van der Waals surface area contributed by atoms with Gasteiger partial charge >= 0.3 is 0 Å². The van der Waals surface area contributed by atoms with Crippen LogP contribution < -0.4 is 0 Å². The highest BCUT2D eigenvalue weighted by Gasteiger charge is 2.24. The summed E-state index contributed by atoms with van der Waals surface area (Å²) >= 11 is 0. The van der Waals surface area contributed by atoms with Gasteiger partial charge in [-0.15, -0.1) is 0 Å². The zero-order valence-corrected chi connectivity index (χ0v) is 6.78. The maximum atomic E-state index is 10.5. The summed E-state index contributed by atoms with van der Waals surface area (Å²) in [6.07, 6.45) is 2.27. The van der Waals surface area contributed by atoms with Crippen molar-refractivity contribution in [2.75, 3.05) is 0 Å². The largest absolute Gasteiger partial charge is 0.388 e. The lowest BCUT2D eigenvalue weighted by atomic mass is 10.1. The highest BCUT2D eigenvalue weighted by Crippen LogP contribution is 2.29. The summed E-state index contributed by atoms with van der Waals surface area (Å²) in [5.74, 6) is 0. The van der Waals surface area contributed by atoms with Crippen LogP contribution >= 0.6 is 0 Å². The van der Waals surface area contributed by atoms with Gasteiger partial charge in [0.25, 0.3) is 0 Å². The summed E-state index contributed by atoms with van der Waals surface area (Å²) in [6.45, 7) is 1.78. The summed E-state index contributed by atoms with van der Waals surface area (Å²) in [4.78, 5) is 20.7. The van der Waals surface area contributed by atoms with Gasteiger partial charge in [-0.1, -0.05) is 5.57 Å². The number of carbonyl (C=O) groups is 2. The predicted octanol–water partition coefficient (Wildman–Crippen LogP) is 0.392. The molecular weight excluding hydrogens is 156 g/mol. The number of hydrogen-bond acceptors (Lipinski definition) is 3. The molecule has 0 aromatic rings. The van der Waals surface area contributed by atoms with Gasteiger partial charge in [0.1, 0.15) is 12.6 Å². The van der Waals surface area contributed by atoms with E-state index < -0.39 is 6.10 Å². The molecule has 1 atom stereocenters. The van der Waals surface area contributed by atoms with E-state index in [9.17, 15) is 14.7 Å². The molecular formula is C9H10O3. The van der Waals surface area contributed by atoms with Gasteiger partial charge in [0.15, 0.2) is 0 Å². The molecule has 1 N–H and O–H groups in total. The predicted molar refractivity (Wildman–Crippen MR) is 43.5 cm³/mol. The second-order valence-corrected chi connectivity index (χ2v) is 2.79. The quantitative estimate of drug-likeness (QED) is 0.477. The van der Waals surface area contributed by atoms with E-state index in [0.29, 0.717) is 30.1 Å². The van der Waals surface area contributed by atoms with Crippen LogP contribution in [0.25, 0.3) is 0 Å². The van der Waals surface area contributed by atoms with Crippen LogP contribution in [0.2, 0.25) is 0 Å². The number of rotatable bonds is 2. The van der Waals surface area contributed by atoms with E-state index in [1.165, 1.54) is 6.08 Å². The van der Waals surface area contributed by atoms with Gasteiger partial charge in [-0.05, 0) is 25.0 Å². The van der Waals surface area contributed by atoms with Crippen molar-refractivity contribution in [1.82, 2.24) is 0 Å². The Labute approximate surface area is 70.4 Å². The molecule has 0 unspecified atom stereocenters. The first-order valence-electron chi connectivity index (χ1n) is 3.69. The van der Waals surface area contributed by atoms with Gasteiger partial charge in [0.05, 0.1) is 6.10 Å². The first-order valence-corrected chi connectivity index (χ1v) is 3.69. The fourth-order valence-corrected chi connectivity index (χ4v) is 1.38. The number of carbonyl (C=O) groups excluding carboxylic acids is 2. The van der Waals surface area contributed by atoms with Crippen molar-refractivity contribution in [3.8, 4) is 0 Å². The van der Waals surface area contributed by atoms with Crippen molar-refractivity contribution in [1.29, 1.82) is 0 Å². The third-order valence-corrected chi connectivity index (χ3v) is 1.99. The van der Waals surface area contributed by atoms with E-state index in [0.717, 1.165) is 5.57 Å². The number of aldehydes is 2. The second-order valence-electron chi connectivity index (χ2n) is 2.79. The number of aliphatic hydroxyl groups excluding tert-OH is 1. The zero-order valence-electron chi connectivity index (χ0n) is 6.78. The van der Waals surface area contributed by atoms with Gasteiger partial charge in [-0.3, -0.25) is 9.59 Å². The Morgan fingerprint density at radius 1 is 1.50 bits per heavy atom. The maximum Gasteiger partial charge on any atom is 0.150 e. The lowest BCUT2D eigenvalue weighted by Gasteiger charge is -2.02. The third kappa shape index (κ3) is 1.36. The Bertz CT molecular complexity index is 273. The van der Waals surface area contributed by atoms with Gasteiger partial charge in [0.2, 0.25) is 0 Å². The number of aliphatic hydroxyl groups is 1. The van der Waals surface area contributed by atoms with Crippen LogP contribution in [0.5, 0.6) is 0 Å². The molecule has 0 bridgehead atoms. The Kier molecular flexibility index (Phi) is 2.55. The van der Waals surface area contributed by atoms with E-state index in [1.54, 1.807) is 6.92 Å². The minimum atomic E-state index is -0.685. The SMILES string of the molecule is CC1=C(C=O)/C(=C\C=O)[C@H](O)C1. The zero-order chi connectivity index (χ0) is 9.14. The van der Waals surface area contributed by atoms with Crippen molar-refractivity contribution < 1.29 is 14.7 Å². The molecule has 0 saturated carbocycles. The first-order chi connectivity index (χ1) is 5.70. The van der Waals surface area contributed by atoms with Crippen molar-refractivity contribution >= 4 is 12.6 Å². The monoisotopic (exact) mass is 166 g/mol. The normalized spacial score (nSPS) is 26.5. The van der Waals surface area contributed by atoms with Crippen molar-refractivity contribution in [2.24, 2.45) is 0 Å². The summed E-state index contributed by atoms with van der Waals surface area (Å²) < 4.78 is 0. The van der Waals surface area contributed by atoms with Crippen LogP contribution in [0.3, 0.4) is 0 Å². The number of hydrogen-bond donors (Lipinski definition) is 1. The van der Waals surface area contributed by atoms with Crippen LogP contribution in [-0.2, 0) is 9.59 Å². The van der Waals surface area contributed by atoms with Crippen LogP contribution in [-0.4, -0.2) is 23.8 Å². The molecule has 0 aromatic heterocycles. The average molecular weight is 166 g/mol. The van der Waals surface area contributed by atoms with Crippen molar-refractivity contribution in [3.05, 3.63) is 22.8 Å². The molecule has 0 aromatic carbocycles. The van der Waals surface area contributed by atoms with E-state index >= 15 is 0 Å². The molecule has 1 aliphatic carbocycles.